The van der Waals surface area contributed by atoms with E-state index in [1.54, 1.807) is 0 Å². The Balaban J connectivity index is 2.10. The summed E-state index contributed by atoms with van der Waals surface area (Å²) in [5.41, 5.74) is -0.653. The molecule has 3 heteroatoms. The van der Waals surface area contributed by atoms with Gasteiger partial charge >= 0.3 is 5.97 Å². The van der Waals surface area contributed by atoms with Gasteiger partial charge in [-0.2, -0.15) is 0 Å². The number of carboxylic acids is 1. The van der Waals surface area contributed by atoms with E-state index in [0.29, 0.717) is 12.0 Å². The summed E-state index contributed by atoms with van der Waals surface area (Å²) in [5, 5.41) is 12.3. The van der Waals surface area contributed by atoms with Crippen LogP contribution < -0.4 is 5.32 Å². The number of fused-ring (bicyclic) bond motifs is 1. The van der Waals surface area contributed by atoms with E-state index in [9.17, 15) is 4.79 Å². The third-order valence-corrected chi connectivity index (χ3v) is 3.56. The zero-order chi connectivity index (χ0) is 9.47. The van der Waals surface area contributed by atoms with Crippen molar-refractivity contribution in [3.05, 3.63) is 0 Å². The molecule has 13 heavy (non-hydrogen) atoms. The minimum absolute atomic E-state index is 0.467. The molecular weight excluding hydrogens is 166 g/mol. The molecule has 0 spiro atoms. The van der Waals surface area contributed by atoms with Crippen molar-refractivity contribution in [3.8, 4) is 0 Å². The third kappa shape index (κ3) is 1.46. The quantitative estimate of drug-likeness (QED) is 0.645. The molecule has 2 rings (SSSR count). The van der Waals surface area contributed by atoms with Gasteiger partial charge in [-0.25, -0.2) is 0 Å². The highest BCUT2D eigenvalue weighted by molar-refractivity contribution is 5.78. The third-order valence-electron chi connectivity index (χ3n) is 3.56. The lowest BCUT2D eigenvalue weighted by atomic mass is 9.83. The van der Waals surface area contributed by atoms with Crippen molar-refractivity contribution in [2.24, 2.45) is 5.92 Å². The number of aliphatic carboxylic acids is 1. The Labute approximate surface area is 78.5 Å². The number of nitrogens with one attached hydrogen (secondary N) is 1. The molecule has 2 N–H and O–H groups in total. The van der Waals surface area contributed by atoms with Crippen molar-refractivity contribution in [1.29, 1.82) is 0 Å². The van der Waals surface area contributed by atoms with Gasteiger partial charge in [0.1, 0.15) is 5.54 Å². The fourth-order valence-electron chi connectivity index (χ4n) is 2.78. The molecule has 1 aliphatic carbocycles. The summed E-state index contributed by atoms with van der Waals surface area (Å²) in [6.07, 6.45) is 5.71. The van der Waals surface area contributed by atoms with Gasteiger partial charge in [0.2, 0.25) is 0 Å². The van der Waals surface area contributed by atoms with Crippen LogP contribution in [0, 0.1) is 5.92 Å². The first-order valence-corrected chi connectivity index (χ1v) is 5.13. The van der Waals surface area contributed by atoms with Crippen molar-refractivity contribution in [3.63, 3.8) is 0 Å². The molecule has 1 saturated heterocycles. The zero-order valence-electron chi connectivity index (χ0n) is 8.05. The Kier molecular flexibility index (Phi) is 2.06. The summed E-state index contributed by atoms with van der Waals surface area (Å²) in [5.74, 6) is -0.0863. The van der Waals surface area contributed by atoms with Gasteiger partial charge in [-0.1, -0.05) is 12.8 Å². The van der Waals surface area contributed by atoms with Gasteiger partial charge in [0.05, 0.1) is 0 Å². The minimum atomic E-state index is -0.693. The van der Waals surface area contributed by atoms with Crippen LogP contribution >= 0.6 is 0 Å². The normalized spacial score (nSPS) is 44.4. The maximum atomic E-state index is 11.0. The number of hydrogen-bond donors (Lipinski definition) is 2. The van der Waals surface area contributed by atoms with E-state index >= 15 is 0 Å². The van der Waals surface area contributed by atoms with Gasteiger partial charge in [-0.15, -0.1) is 0 Å². The Morgan fingerprint density at radius 1 is 1.46 bits per heavy atom. The summed E-state index contributed by atoms with van der Waals surface area (Å²) < 4.78 is 0. The molecule has 0 bridgehead atoms. The van der Waals surface area contributed by atoms with Crippen molar-refractivity contribution in [2.75, 3.05) is 0 Å². The van der Waals surface area contributed by atoms with Crippen molar-refractivity contribution in [2.45, 2.75) is 50.6 Å². The van der Waals surface area contributed by atoms with Crippen LogP contribution in [0.2, 0.25) is 0 Å². The number of carbonyl (C=O) groups is 1. The van der Waals surface area contributed by atoms with E-state index < -0.39 is 11.5 Å². The van der Waals surface area contributed by atoms with E-state index in [0.717, 1.165) is 12.8 Å². The second-order valence-electron chi connectivity index (χ2n) is 4.64. The largest absolute Gasteiger partial charge is 0.480 e. The van der Waals surface area contributed by atoms with Gasteiger partial charge in [-0.05, 0) is 32.1 Å². The molecule has 0 aromatic rings. The minimum Gasteiger partial charge on any atom is -0.480 e. The second-order valence-corrected chi connectivity index (χ2v) is 4.64. The van der Waals surface area contributed by atoms with Gasteiger partial charge in [0.15, 0.2) is 0 Å². The average molecular weight is 183 g/mol. The number of hydrogen-bond acceptors (Lipinski definition) is 2. The molecule has 0 aromatic carbocycles. The first-order chi connectivity index (χ1) is 6.12. The van der Waals surface area contributed by atoms with E-state index in [4.69, 9.17) is 5.11 Å². The lowest BCUT2D eigenvalue weighted by Gasteiger charge is -2.24. The predicted molar refractivity (Wildman–Crippen MR) is 49.5 cm³/mol. The summed E-state index contributed by atoms with van der Waals surface area (Å²) >= 11 is 0. The summed E-state index contributed by atoms with van der Waals surface area (Å²) in [6, 6.07) is 0.467. The molecule has 2 aliphatic rings. The lowest BCUT2D eigenvalue weighted by molar-refractivity contribution is -0.143. The molecule has 0 amide bonds. The van der Waals surface area contributed by atoms with E-state index in [1.165, 1.54) is 19.3 Å². The zero-order valence-corrected chi connectivity index (χ0v) is 8.05. The molecular formula is C10H17NO2. The molecule has 0 radical (unpaired) electrons. The number of rotatable bonds is 1. The highest BCUT2D eigenvalue weighted by Gasteiger charge is 2.46. The Morgan fingerprint density at radius 2 is 2.15 bits per heavy atom. The fraction of sp³-hybridized carbons (Fsp3) is 0.900. The van der Waals surface area contributed by atoms with Crippen LogP contribution in [0.15, 0.2) is 0 Å². The molecule has 1 heterocycles. The predicted octanol–water partition coefficient (Wildman–Crippen LogP) is 1.38. The monoisotopic (exact) mass is 183 g/mol. The molecule has 3 nitrogen and oxygen atoms in total. The molecule has 0 aromatic heterocycles. The molecule has 1 saturated carbocycles. The Hall–Kier alpha value is -0.570. The van der Waals surface area contributed by atoms with Gasteiger partial charge < -0.3 is 5.11 Å². The molecule has 74 valence electrons. The van der Waals surface area contributed by atoms with Gasteiger partial charge in [0.25, 0.3) is 0 Å². The molecule has 3 atom stereocenters. The SMILES string of the molecule is C[C@]1(C(=O)O)C[C@@H]2CCCC[C@H]2N1. The van der Waals surface area contributed by atoms with E-state index in [2.05, 4.69) is 5.32 Å². The van der Waals surface area contributed by atoms with Crippen LogP contribution in [0.25, 0.3) is 0 Å². The maximum absolute atomic E-state index is 11.0. The van der Waals surface area contributed by atoms with Crippen LogP contribution in [0.5, 0.6) is 0 Å². The highest BCUT2D eigenvalue weighted by atomic mass is 16.4. The summed E-state index contributed by atoms with van der Waals surface area (Å²) in [4.78, 5) is 11.0. The Bertz CT molecular complexity index is 213. The van der Waals surface area contributed by atoms with Crippen molar-refractivity contribution >= 4 is 5.97 Å². The van der Waals surface area contributed by atoms with Crippen LogP contribution in [0.4, 0.5) is 0 Å². The molecule has 2 fully saturated rings. The molecule has 0 unspecified atom stereocenters. The average Bonchev–Trinajstić information content (AvgIpc) is 2.42. The second kappa shape index (κ2) is 2.98. The summed E-state index contributed by atoms with van der Waals surface area (Å²) in [6.45, 7) is 1.81. The van der Waals surface area contributed by atoms with Gasteiger partial charge in [-0.3, -0.25) is 10.1 Å². The van der Waals surface area contributed by atoms with Crippen LogP contribution in [-0.2, 0) is 4.79 Å². The van der Waals surface area contributed by atoms with Gasteiger partial charge in [0, 0.05) is 6.04 Å². The Morgan fingerprint density at radius 3 is 2.77 bits per heavy atom. The fourth-order valence-corrected chi connectivity index (χ4v) is 2.78. The van der Waals surface area contributed by atoms with Crippen LogP contribution in [0.1, 0.15) is 39.0 Å². The number of carboxylic acid groups (broad SMARTS) is 1. The highest BCUT2D eigenvalue weighted by Crippen LogP contribution is 2.37. The standard InChI is InChI=1S/C10H17NO2/c1-10(9(12)13)6-7-4-2-3-5-8(7)11-10/h7-8,11H,2-6H2,1H3,(H,12,13)/t7-,8+,10+/m0/s1. The van der Waals surface area contributed by atoms with Crippen LogP contribution in [-0.4, -0.2) is 22.7 Å². The lowest BCUT2D eigenvalue weighted by Crippen LogP contribution is -2.47. The maximum Gasteiger partial charge on any atom is 0.323 e. The topological polar surface area (TPSA) is 49.3 Å². The first kappa shape index (κ1) is 9.00. The molecule has 1 aliphatic heterocycles. The smallest absolute Gasteiger partial charge is 0.323 e. The van der Waals surface area contributed by atoms with E-state index in [-0.39, 0.29) is 0 Å². The van der Waals surface area contributed by atoms with Crippen molar-refractivity contribution < 1.29 is 9.90 Å². The summed E-state index contributed by atoms with van der Waals surface area (Å²) in [7, 11) is 0. The van der Waals surface area contributed by atoms with Crippen molar-refractivity contribution in [1.82, 2.24) is 5.32 Å². The first-order valence-electron chi connectivity index (χ1n) is 5.13. The van der Waals surface area contributed by atoms with E-state index in [1.807, 2.05) is 6.92 Å². The van der Waals surface area contributed by atoms with Crippen LogP contribution in [0.3, 0.4) is 0 Å².